The predicted octanol–water partition coefficient (Wildman–Crippen LogP) is 7.46. The van der Waals surface area contributed by atoms with Gasteiger partial charge in [0, 0.05) is 26.6 Å². The van der Waals surface area contributed by atoms with Crippen LogP contribution in [0, 0.1) is 13.8 Å². The quantitative estimate of drug-likeness (QED) is 0.222. The Kier molecular flexibility index (Phi) is 7.17. The van der Waals surface area contributed by atoms with Crippen LogP contribution in [-0.4, -0.2) is 30.3 Å². The van der Waals surface area contributed by atoms with Crippen molar-refractivity contribution in [2.24, 2.45) is 0 Å². The van der Waals surface area contributed by atoms with Crippen molar-refractivity contribution in [3.63, 3.8) is 0 Å². The van der Waals surface area contributed by atoms with E-state index >= 15 is 0 Å². The fourth-order valence-electron chi connectivity index (χ4n) is 4.16. The molecule has 1 N–H and O–H groups in total. The van der Waals surface area contributed by atoms with E-state index < -0.39 is 17.8 Å². The Hall–Kier alpha value is -3.41. The lowest BCUT2D eigenvalue weighted by atomic mass is 10.2. The summed E-state index contributed by atoms with van der Waals surface area (Å²) < 4.78 is 44.2. The molecular formula is C26H21Cl2F3N6OS. The highest BCUT2D eigenvalue weighted by atomic mass is 35.5. The summed E-state index contributed by atoms with van der Waals surface area (Å²) in [6.07, 6.45) is -3.95. The van der Waals surface area contributed by atoms with Crippen molar-refractivity contribution in [3.8, 4) is 10.6 Å². The molecule has 0 saturated heterocycles. The van der Waals surface area contributed by atoms with Gasteiger partial charge in [-0.3, -0.25) is 9.48 Å². The first-order valence-corrected chi connectivity index (χ1v) is 13.4. The number of halogens is 5. The van der Waals surface area contributed by atoms with E-state index in [4.69, 9.17) is 23.2 Å². The van der Waals surface area contributed by atoms with Crippen molar-refractivity contribution >= 4 is 51.8 Å². The molecule has 1 aromatic carbocycles. The minimum Gasteiger partial charge on any atom is -0.317 e. The van der Waals surface area contributed by atoms with E-state index in [1.165, 1.54) is 17.4 Å². The molecule has 1 amide bonds. The van der Waals surface area contributed by atoms with E-state index in [1.807, 2.05) is 13.0 Å². The third-order valence-corrected chi connectivity index (χ3v) is 8.16. The van der Waals surface area contributed by atoms with E-state index in [-0.39, 0.29) is 23.6 Å². The van der Waals surface area contributed by atoms with Gasteiger partial charge in [-0.15, -0.1) is 11.3 Å². The Morgan fingerprint density at radius 2 is 1.79 bits per heavy atom. The van der Waals surface area contributed by atoms with Crippen LogP contribution in [0.4, 0.5) is 18.9 Å². The molecule has 0 radical (unpaired) electrons. The molecule has 0 aliphatic carbocycles. The normalized spacial score (nSPS) is 11.9. The minimum absolute atomic E-state index is 0.0890. The lowest BCUT2D eigenvalue weighted by molar-refractivity contribution is -0.142. The van der Waals surface area contributed by atoms with Crippen LogP contribution < -0.4 is 5.32 Å². The van der Waals surface area contributed by atoms with E-state index in [1.54, 1.807) is 42.8 Å². The number of benzene rings is 1. The molecule has 0 fully saturated rings. The zero-order chi connectivity index (χ0) is 28.1. The SMILES string of the molecule is CCc1ccc(-c2cc(C(F)(F)F)n3nc(C(=O)Nc4c(C)nn(Cc5c(Cl)cccc5Cl)c4C)cc3n2)s1. The molecule has 5 rings (SSSR count). The second kappa shape index (κ2) is 10.3. The van der Waals surface area contributed by atoms with Crippen LogP contribution in [0.1, 0.15) is 44.9 Å². The van der Waals surface area contributed by atoms with Gasteiger partial charge >= 0.3 is 6.18 Å². The highest BCUT2D eigenvalue weighted by Gasteiger charge is 2.36. The Bertz CT molecular complexity index is 1700. The van der Waals surface area contributed by atoms with Crippen LogP contribution in [0.25, 0.3) is 16.2 Å². The fraction of sp³-hybridized carbons (Fsp3) is 0.231. The van der Waals surface area contributed by atoms with Crippen molar-refractivity contribution < 1.29 is 18.0 Å². The smallest absolute Gasteiger partial charge is 0.317 e. The maximum absolute atomic E-state index is 14.0. The van der Waals surface area contributed by atoms with Gasteiger partial charge in [-0.25, -0.2) is 9.50 Å². The third kappa shape index (κ3) is 5.26. The summed E-state index contributed by atoms with van der Waals surface area (Å²) in [7, 11) is 0. The Morgan fingerprint density at radius 3 is 2.44 bits per heavy atom. The van der Waals surface area contributed by atoms with Crippen LogP contribution in [0.3, 0.4) is 0 Å². The molecule has 0 bridgehead atoms. The number of thiophene rings is 1. The van der Waals surface area contributed by atoms with Crippen molar-refractivity contribution in [1.29, 1.82) is 0 Å². The lowest BCUT2D eigenvalue weighted by Crippen LogP contribution is -2.16. The van der Waals surface area contributed by atoms with E-state index in [0.29, 0.717) is 42.1 Å². The van der Waals surface area contributed by atoms with Gasteiger partial charge in [0.15, 0.2) is 17.0 Å². The fourth-order valence-corrected chi connectivity index (χ4v) is 5.59. The summed E-state index contributed by atoms with van der Waals surface area (Å²) in [5, 5.41) is 12.1. The van der Waals surface area contributed by atoms with Crippen LogP contribution in [0.2, 0.25) is 10.0 Å². The van der Waals surface area contributed by atoms with Gasteiger partial charge in [0.25, 0.3) is 5.91 Å². The maximum Gasteiger partial charge on any atom is 0.433 e. The van der Waals surface area contributed by atoms with Gasteiger partial charge < -0.3 is 5.32 Å². The molecule has 13 heteroatoms. The van der Waals surface area contributed by atoms with E-state index in [0.717, 1.165) is 17.4 Å². The highest BCUT2D eigenvalue weighted by Crippen LogP contribution is 2.35. The lowest BCUT2D eigenvalue weighted by Gasteiger charge is -2.10. The standard InChI is InChI=1S/C26H21Cl2F3N6OS/c1-4-15-8-9-21(39-15)19-10-22(26(29,30)31)37-23(32-19)11-20(35-37)25(38)33-24-13(2)34-36(14(24)3)12-16-17(27)6-5-7-18(16)28/h5-11H,4,12H2,1-3H3,(H,33,38). The van der Waals surface area contributed by atoms with Crippen molar-refractivity contribution in [2.45, 2.75) is 39.9 Å². The number of aryl methyl sites for hydroxylation is 2. The first-order valence-electron chi connectivity index (χ1n) is 11.8. The molecule has 39 heavy (non-hydrogen) atoms. The number of carbonyl (C=O) groups is 1. The number of nitrogens with zero attached hydrogens (tertiary/aromatic N) is 5. The number of amides is 1. The summed E-state index contributed by atoms with van der Waals surface area (Å²) in [5.74, 6) is -0.693. The summed E-state index contributed by atoms with van der Waals surface area (Å²) in [6.45, 7) is 5.69. The van der Waals surface area contributed by atoms with Gasteiger partial charge in [0.2, 0.25) is 0 Å². The molecule has 0 unspecified atom stereocenters. The van der Waals surface area contributed by atoms with Crippen LogP contribution in [0.15, 0.2) is 42.5 Å². The largest absolute Gasteiger partial charge is 0.433 e. The van der Waals surface area contributed by atoms with Crippen molar-refractivity contribution in [3.05, 3.63) is 85.7 Å². The Labute approximate surface area is 235 Å². The summed E-state index contributed by atoms with van der Waals surface area (Å²) in [4.78, 5) is 19.1. The predicted molar refractivity (Wildman–Crippen MR) is 146 cm³/mol. The number of carbonyl (C=O) groups excluding carboxylic acids is 1. The molecule has 0 spiro atoms. The second-order valence-electron chi connectivity index (χ2n) is 8.80. The first kappa shape index (κ1) is 27.2. The van der Waals surface area contributed by atoms with Crippen molar-refractivity contribution in [1.82, 2.24) is 24.4 Å². The van der Waals surface area contributed by atoms with Gasteiger partial charge in [-0.1, -0.05) is 36.2 Å². The third-order valence-electron chi connectivity index (χ3n) is 6.20. The van der Waals surface area contributed by atoms with Gasteiger partial charge in [0.05, 0.1) is 34.2 Å². The number of aromatic nitrogens is 5. The molecule has 4 aromatic heterocycles. The summed E-state index contributed by atoms with van der Waals surface area (Å²) in [5.41, 5.74) is 1.04. The first-order chi connectivity index (χ1) is 18.5. The zero-order valence-corrected chi connectivity index (χ0v) is 23.2. The number of nitrogens with one attached hydrogen (secondary N) is 1. The molecular weight excluding hydrogens is 572 g/mol. The van der Waals surface area contributed by atoms with Gasteiger partial charge in [-0.2, -0.15) is 23.4 Å². The van der Waals surface area contributed by atoms with Gasteiger partial charge in [0.1, 0.15) is 0 Å². The van der Waals surface area contributed by atoms with Crippen LogP contribution >= 0.6 is 34.5 Å². The van der Waals surface area contributed by atoms with Gasteiger partial charge in [-0.05, 0) is 50.6 Å². The van der Waals surface area contributed by atoms with E-state index in [9.17, 15) is 18.0 Å². The summed E-state index contributed by atoms with van der Waals surface area (Å²) in [6, 6.07) is 11.0. The monoisotopic (exact) mass is 592 g/mol. The number of alkyl halides is 3. The Balaban J connectivity index is 1.48. The van der Waals surface area contributed by atoms with Crippen LogP contribution in [0.5, 0.6) is 0 Å². The highest BCUT2D eigenvalue weighted by molar-refractivity contribution is 7.15. The molecule has 5 aromatic rings. The number of hydrogen-bond donors (Lipinski definition) is 1. The molecule has 0 aliphatic heterocycles. The molecule has 0 atom stereocenters. The van der Waals surface area contributed by atoms with Crippen molar-refractivity contribution in [2.75, 3.05) is 5.32 Å². The molecule has 0 aliphatic rings. The average Bonchev–Trinajstić information content (AvgIpc) is 3.59. The maximum atomic E-state index is 14.0. The number of fused-ring (bicyclic) bond motifs is 1. The average molecular weight is 593 g/mol. The molecule has 202 valence electrons. The topological polar surface area (TPSA) is 77.1 Å². The Morgan fingerprint density at radius 1 is 1.08 bits per heavy atom. The summed E-state index contributed by atoms with van der Waals surface area (Å²) >= 11 is 14.0. The molecule has 7 nitrogen and oxygen atoms in total. The molecule has 0 saturated carbocycles. The molecule has 4 heterocycles. The second-order valence-corrected chi connectivity index (χ2v) is 10.8. The van der Waals surface area contributed by atoms with E-state index in [2.05, 4.69) is 20.5 Å². The number of anilines is 1. The zero-order valence-electron chi connectivity index (χ0n) is 20.9. The number of rotatable bonds is 6. The minimum atomic E-state index is -4.71. The number of hydrogen-bond acceptors (Lipinski definition) is 5. The van der Waals surface area contributed by atoms with Crippen LogP contribution in [-0.2, 0) is 19.1 Å².